The molecular weight excluding hydrogens is 317 g/mol. The molecule has 0 saturated heterocycles. The van der Waals surface area contributed by atoms with E-state index in [0.29, 0.717) is 33.7 Å². The minimum atomic E-state index is -0.391. The van der Waals surface area contributed by atoms with Crippen molar-refractivity contribution in [3.8, 4) is 0 Å². The Hall–Kier alpha value is -2.14. The molecule has 0 amide bonds. The summed E-state index contributed by atoms with van der Waals surface area (Å²) in [6.07, 6.45) is 3.24. The predicted molar refractivity (Wildman–Crippen MR) is 89.5 cm³/mol. The van der Waals surface area contributed by atoms with Crippen molar-refractivity contribution in [3.63, 3.8) is 0 Å². The molecular formula is C17H17ClFN3O. The summed E-state index contributed by atoms with van der Waals surface area (Å²) in [5.74, 6) is -0.391. The Morgan fingerprint density at radius 3 is 2.83 bits per heavy atom. The van der Waals surface area contributed by atoms with Crippen LogP contribution >= 0.6 is 11.6 Å². The van der Waals surface area contributed by atoms with Gasteiger partial charge in [0, 0.05) is 28.9 Å². The van der Waals surface area contributed by atoms with Crippen LogP contribution in [0, 0.1) is 5.82 Å². The molecule has 6 heteroatoms. The van der Waals surface area contributed by atoms with E-state index >= 15 is 0 Å². The number of fused-ring (bicyclic) bond motifs is 1. The zero-order chi connectivity index (χ0) is 16.4. The van der Waals surface area contributed by atoms with Crippen molar-refractivity contribution in [1.82, 2.24) is 15.2 Å². The number of aromatic amines is 2. The van der Waals surface area contributed by atoms with E-state index in [4.69, 9.17) is 11.6 Å². The van der Waals surface area contributed by atoms with Gasteiger partial charge in [-0.15, -0.1) is 0 Å². The molecule has 0 unspecified atom stereocenters. The molecule has 0 bridgehead atoms. The summed E-state index contributed by atoms with van der Waals surface area (Å²) >= 11 is 5.87. The van der Waals surface area contributed by atoms with Crippen molar-refractivity contribution in [2.45, 2.75) is 32.6 Å². The Kier molecular flexibility index (Phi) is 4.48. The molecule has 23 heavy (non-hydrogen) atoms. The maximum atomic E-state index is 13.4. The standard InChI is InChI=1S/C17H17ClFN3O/c1-2-3-4-14-16-15(23)9-13(20-17(16)22-21-14)7-10-5-11(18)8-12(19)6-10/h5-6,8-9H,2-4,7H2,1H3,(H2,20,21,22,23). The average molecular weight is 334 g/mol. The number of rotatable bonds is 5. The van der Waals surface area contributed by atoms with Gasteiger partial charge in [-0.25, -0.2) is 4.39 Å². The third-order valence-corrected chi connectivity index (χ3v) is 3.99. The second kappa shape index (κ2) is 6.54. The van der Waals surface area contributed by atoms with Gasteiger partial charge in [0.15, 0.2) is 11.1 Å². The first-order valence-electron chi connectivity index (χ1n) is 7.61. The normalized spacial score (nSPS) is 11.3. The maximum Gasteiger partial charge on any atom is 0.193 e. The summed E-state index contributed by atoms with van der Waals surface area (Å²) in [6, 6.07) is 5.90. The van der Waals surface area contributed by atoms with Crippen LogP contribution in [0.15, 0.2) is 29.1 Å². The fraction of sp³-hybridized carbons (Fsp3) is 0.294. The van der Waals surface area contributed by atoms with Crippen molar-refractivity contribution in [1.29, 1.82) is 0 Å². The molecule has 0 saturated carbocycles. The quantitative estimate of drug-likeness (QED) is 0.742. The number of halogens is 2. The summed E-state index contributed by atoms with van der Waals surface area (Å²) in [5, 5.41) is 8.07. The molecule has 2 heterocycles. The number of pyridine rings is 1. The van der Waals surface area contributed by atoms with E-state index < -0.39 is 5.82 Å². The van der Waals surface area contributed by atoms with E-state index in [0.717, 1.165) is 25.0 Å². The zero-order valence-corrected chi connectivity index (χ0v) is 13.5. The second-order valence-electron chi connectivity index (χ2n) is 5.64. The van der Waals surface area contributed by atoms with Crippen LogP contribution in [0.1, 0.15) is 36.7 Å². The van der Waals surface area contributed by atoms with Gasteiger partial charge >= 0.3 is 0 Å². The topological polar surface area (TPSA) is 61.5 Å². The van der Waals surface area contributed by atoms with Crippen LogP contribution < -0.4 is 5.43 Å². The van der Waals surface area contributed by atoms with Crippen LogP contribution in [0.5, 0.6) is 0 Å². The molecule has 2 aromatic heterocycles. The number of H-pyrrole nitrogens is 2. The lowest BCUT2D eigenvalue weighted by Gasteiger charge is -2.04. The Morgan fingerprint density at radius 1 is 1.26 bits per heavy atom. The first kappa shape index (κ1) is 15.7. The summed E-state index contributed by atoms with van der Waals surface area (Å²) < 4.78 is 13.4. The van der Waals surface area contributed by atoms with Crippen molar-refractivity contribution in [3.05, 3.63) is 62.3 Å². The number of nitrogens with zero attached hydrogens (tertiary/aromatic N) is 1. The molecule has 0 atom stereocenters. The first-order valence-corrected chi connectivity index (χ1v) is 7.98. The van der Waals surface area contributed by atoms with E-state index in [-0.39, 0.29) is 5.43 Å². The third-order valence-electron chi connectivity index (χ3n) is 3.77. The summed E-state index contributed by atoms with van der Waals surface area (Å²) in [7, 11) is 0. The number of aryl methyl sites for hydroxylation is 1. The summed E-state index contributed by atoms with van der Waals surface area (Å²) in [5.41, 5.74) is 2.71. The largest absolute Gasteiger partial charge is 0.341 e. The molecule has 3 aromatic rings. The highest BCUT2D eigenvalue weighted by molar-refractivity contribution is 6.30. The lowest BCUT2D eigenvalue weighted by atomic mass is 10.1. The molecule has 0 aliphatic heterocycles. The fourth-order valence-corrected chi connectivity index (χ4v) is 2.96. The van der Waals surface area contributed by atoms with Gasteiger partial charge in [0.2, 0.25) is 0 Å². The van der Waals surface area contributed by atoms with Crippen molar-refractivity contribution in [2.24, 2.45) is 0 Å². The highest BCUT2D eigenvalue weighted by Gasteiger charge is 2.11. The first-order chi connectivity index (χ1) is 11.1. The third kappa shape index (κ3) is 3.45. The molecule has 2 N–H and O–H groups in total. The van der Waals surface area contributed by atoms with Crippen LogP contribution in [0.25, 0.3) is 11.0 Å². The van der Waals surface area contributed by atoms with E-state index in [2.05, 4.69) is 22.1 Å². The van der Waals surface area contributed by atoms with Gasteiger partial charge in [-0.1, -0.05) is 24.9 Å². The Morgan fingerprint density at radius 2 is 2.09 bits per heavy atom. The smallest absolute Gasteiger partial charge is 0.193 e. The second-order valence-corrected chi connectivity index (χ2v) is 6.08. The monoisotopic (exact) mass is 333 g/mol. The van der Waals surface area contributed by atoms with Crippen LogP contribution in [-0.2, 0) is 12.8 Å². The number of aromatic nitrogens is 3. The minimum absolute atomic E-state index is 0.0731. The number of hydrogen-bond acceptors (Lipinski definition) is 2. The Labute approximate surface area is 137 Å². The van der Waals surface area contributed by atoms with E-state index in [1.165, 1.54) is 12.1 Å². The van der Waals surface area contributed by atoms with Gasteiger partial charge < -0.3 is 4.98 Å². The summed E-state index contributed by atoms with van der Waals surface area (Å²) in [6.45, 7) is 2.10. The summed E-state index contributed by atoms with van der Waals surface area (Å²) in [4.78, 5) is 15.5. The minimum Gasteiger partial charge on any atom is -0.341 e. The highest BCUT2D eigenvalue weighted by atomic mass is 35.5. The molecule has 1 aromatic carbocycles. The van der Waals surface area contributed by atoms with E-state index in [1.54, 1.807) is 12.1 Å². The zero-order valence-electron chi connectivity index (χ0n) is 12.7. The van der Waals surface area contributed by atoms with Gasteiger partial charge in [-0.2, -0.15) is 5.10 Å². The maximum absolute atomic E-state index is 13.4. The van der Waals surface area contributed by atoms with Crippen molar-refractivity contribution >= 4 is 22.6 Å². The van der Waals surface area contributed by atoms with Gasteiger partial charge in [0.1, 0.15) is 5.82 Å². The molecule has 0 spiro atoms. The van der Waals surface area contributed by atoms with Crippen LogP contribution in [0.2, 0.25) is 5.02 Å². The molecule has 0 fully saturated rings. The number of nitrogens with one attached hydrogen (secondary N) is 2. The molecule has 3 rings (SSSR count). The van der Waals surface area contributed by atoms with Gasteiger partial charge in [0.25, 0.3) is 0 Å². The SMILES string of the molecule is CCCCc1[nH]nc2[nH]c(Cc3cc(F)cc(Cl)c3)cc(=O)c12. The number of unbranched alkanes of at least 4 members (excludes halogenated alkanes) is 1. The molecule has 0 aliphatic carbocycles. The molecule has 120 valence electrons. The number of hydrogen-bond donors (Lipinski definition) is 2. The molecule has 4 nitrogen and oxygen atoms in total. The van der Waals surface area contributed by atoms with Crippen molar-refractivity contribution in [2.75, 3.05) is 0 Å². The molecule has 0 radical (unpaired) electrons. The number of benzene rings is 1. The highest BCUT2D eigenvalue weighted by Crippen LogP contribution is 2.18. The van der Waals surface area contributed by atoms with Gasteiger partial charge in [-0.3, -0.25) is 9.89 Å². The fourth-order valence-electron chi connectivity index (χ4n) is 2.72. The average Bonchev–Trinajstić information content (AvgIpc) is 2.87. The predicted octanol–water partition coefficient (Wildman–Crippen LogP) is 3.98. The lowest BCUT2D eigenvalue weighted by Crippen LogP contribution is -2.06. The van der Waals surface area contributed by atoms with Gasteiger partial charge in [0.05, 0.1) is 5.39 Å². The van der Waals surface area contributed by atoms with Crippen LogP contribution in [0.4, 0.5) is 4.39 Å². The molecule has 0 aliphatic rings. The Balaban J connectivity index is 1.95. The lowest BCUT2D eigenvalue weighted by molar-refractivity contribution is 0.626. The van der Waals surface area contributed by atoms with Crippen molar-refractivity contribution < 1.29 is 4.39 Å². The van der Waals surface area contributed by atoms with Crippen LogP contribution in [-0.4, -0.2) is 15.2 Å². The Bertz CT molecular complexity index is 880. The van der Waals surface area contributed by atoms with Crippen LogP contribution in [0.3, 0.4) is 0 Å². The van der Waals surface area contributed by atoms with E-state index in [9.17, 15) is 9.18 Å². The van der Waals surface area contributed by atoms with E-state index in [1.807, 2.05) is 0 Å². The van der Waals surface area contributed by atoms with Gasteiger partial charge in [-0.05, 0) is 36.6 Å².